The number of anilines is 2. The number of methoxy groups -OCH3 is 2. The van der Waals surface area contributed by atoms with Crippen molar-refractivity contribution in [3.63, 3.8) is 0 Å². The van der Waals surface area contributed by atoms with Crippen molar-refractivity contribution in [2.75, 3.05) is 19.5 Å². The van der Waals surface area contributed by atoms with Crippen molar-refractivity contribution in [2.45, 2.75) is 0 Å². The van der Waals surface area contributed by atoms with Gasteiger partial charge in [-0.2, -0.15) is 9.38 Å². The Kier molecular flexibility index (Phi) is 3.71. The molecule has 0 amide bonds. The monoisotopic (exact) mass is 314 g/mol. The third-order valence-corrected chi connectivity index (χ3v) is 3.32. The third kappa shape index (κ3) is 2.61. The number of pyridine rings is 1. The molecule has 1 aromatic carbocycles. The van der Waals surface area contributed by atoms with E-state index in [0.29, 0.717) is 22.8 Å². The second kappa shape index (κ2) is 5.84. The summed E-state index contributed by atoms with van der Waals surface area (Å²) in [4.78, 5) is 15.2. The zero-order valence-corrected chi connectivity index (χ0v) is 12.5. The fourth-order valence-electron chi connectivity index (χ4n) is 2.29. The lowest BCUT2D eigenvalue weighted by Crippen LogP contribution is -1.99. The van der Waals surface area contributed by atoms with Gasteiger partial charge in [-0.05, 0) is 23.1 Å². The molecule has 0 bridgehead atoms. The van der Waals surface area contributed by atoms with Crippen LogP contribution >= 0.6 is 0 Å². The van der Waals surface area contributed by atoms with Crippen LogP contribution in [-0.2, 0) is 0 Å². The van der Waals surface area contributed by atoms with Crippen LogP contribution in [0, 0.1) is 10.1 Å². The van der Waals surface area contributed by atoms with Gasteiger partial charge in [0.15, 0.2) is 11.5 Å². The number of fused-ring (bicyclic) bond motifs is 1. The molecule has 0 aliphatic rings. The van der Waals surface area contributed by atoms with E-state index < -0.39 is 4.92 Å². The summed E-state index contributed by atoms with van der Waals surface area (Å²) in [5, 5.41) is 14.3. The van der Waals surface area contributed by atoms with E-state index in [0.717, 1.165) is 0 Å². The lowest BCUT2D eigenvalue weighted by molar-refractivity contribution is -0.389. The summed E-state index contributed by atoms with van der Waals surface area (Å²) in [5.41, 5.74) is 1.09. The van der Waals surface area contributed by atoms with E-state index in [1.807, 2.05) is 0 Å². The summed E-state index contributed by atoms with van der Waals surface area (Å²) in [5.74, 6) is 1.12. The predicted molar refractivity (Wildman–Crippen MR) is 84.7 cm³/mol. The van der Waals surface area contributed by atoms with E-state index >= 15 is 0 Å². The van der Waals surface area contributed by atoms with Crippen LogP contribution in [0.4, 0.5) is 17.3 Å². The first-order valence-corrected chi connectivity index (χ1v) is 6.74. The molecule has 0 radical (unpaired) electrons. The second-order valence-electron chi connectivity index (χ2n) is 4.66. The van der Waals surface area contributed by atoms with Gasteiger partial charge in [-0.1, -0.05) is 6.07 Å². The number of aromatic nitrogens is 2. The van der Waals surface area contributed by atoms with Crippen LogP contribution in [0.15, 0.2) is 42.6 Å². The fourth-order valence-corrected chi connectivity index (χ4v) is 2.29. The van der Waals surface area contributed by atoms with Crippen molar-refractivity contribution in [3.05, 3.63) is 52.7 Å². The van der Waals surface area contributed by atoms with E-state index in [9.17, 15) is 10.1 Å². The normalized spacial score (nSPS) is 10.5. The highest BCUT2D eigenvalue weighted by atomic mass is 16.6. The van der Waals surface area contributed by atoms with Crippen LogP contribution in [0.1, 0.15) is 0 Å². The molecule has 8 heteroatoms. The van der Waals surface area contributed by atoms with Gasteiger partial charge in [0.1, 0.15) is 0 Å². The van der Waals surface area contributed by atoms with Crippen LogP contribution < -0.4 is 14.8 Å². The molecule has 23 heavy (non-hydrogen) atoms. The summed E-state index contributed by atoms with van der Waals surface area (Å²) in [7, 11) is 3.06. The van der Waals surface area contributed by atoms with Crippen LogP contribution in [0.2, 0.25) is 0 Å². The van der Waals surface area contributed by atoms with Crippen molar-refractivity contribution in [1.29, 1.82) is 0 Å². The molecule has 0 unspecified atom stereocenters. The summed E-state index contributed by atoms with van der Waals surface area (Å²) in [6, 6.07) is 10.3. The molecule has 0 saturated heterocycles. The predicted octanol–water partition coefficient (Wildman–Crippen LogP) is 3.00. The van der Waals surface area contributed by atoms with Crippen LogP contribution in [0.3, 0.4) is 0 Å². The molecule has 0 fully saturated rings. The molecule has 0 spiro atoms. The Hall–Kier alpha value is -3.29. The molecule has 2 heterocycles. The van der Waals surface area contributed by atoms with Gasteiger partial charge in [-0.25, -0.2) is 0 Å². The molecule has 8 nitrogen and oxygen atoms in total. The molecule has 0 atom stereocenters. The van der Waals surface area contributed by atoms with E-state index in [-0.39, 0.29) is 11.6 Å². The smallest absolute Gasteiger partial charge is 0.372 e. The van der Waals surface area contributed by atoms with Crippen molar-refractivity contribution < 1.29 is 14.4 Å². The minimum atomic E-state index is -0.469. The maximum Gasteiger partial charge on any atom is 0.372 e. The molecule has 2 aromatic heterocycles. The quantitative estimate of drug-likeness (QED) is 0.575. The van der Waals surface area contributed by atoms with E-state index in [1.54, 1.807) is 42.6 Å². The number of imidazole rings is 1. The Morgan fingerprint density at radius 1 is 1.17 bits per heavy atom. The van der Waals surface area contributed by atoms with Gasteiger partial charge in [0.25, 0.3) is 0 Å². The molecule has 0 saturated carbocycles. The van der Waals surface area contributed by atoms with E-state index in [4.69, 9.17) is 9.47 Å². The molecule has 3 aromatic rings. The number of hydrogen-bond donors (Lipinski definition) is 1. The van der Waals surface area contributed by atoms with Gasteiger partial charge in [0.2, 0.25) is 11.5 Å². The standard InChI is InChI=1S/C15H14N4O4/c1-22-11-7-6-10(9-12(11)23-2)16-14-15(19(20)21)18-8-4-3-5-13(18)17-14/h3-9,16H,1-2H3. The second-order valence-corrected chi connectivity index (χ2v) is 4.66. The molecule has 118 valence electrons. The molecule has 3 rings (SSSR count). The Balaban J connectivity index is 2.05. The highest BCUT2D eigenvalue weighted by Gasteiger charge is 2.22. The van der Waals surface area contributed by atoms with Crippen LogP contribution in [-0.4, -0.2) is 28.5 Å². The highest BCUT2D eigenvalue weighted by molar-refractivity contribution is 5.70. The maximum atomic E-state index is 11.4. The summed E-state index contributed by atoms with van der Waals surface area (Å²) >= 11 is 0. The average Bonchev–Trinajstić information content (AvgIpc) is 2.92. The summed E-state index contributed by atoms with van der Waals surface area (Å²) in [6.07, 6.45) is 1.60. The van der Waals surface area contributed by atoms with Gasteiger partial charge in [-0.3, -0.25) is 0 Å². The summed E-state index contributed by atoms with van der Waals surface area (Å²) < 4.78 is 11.8. The van der Waals surface area contributed by atoms with Crippen LogP contribution in [0.25, 0.3) is 5.65 Å². The molecular weight excluding hydrogens is 300 g/mol. The number of rotatable bonds is 5. The number of hydrogen-bond acceptors (Lipinski definition) is 6. The molecule has 0 aliphatic heterocycles. The Labute approximate surface area is 131 Å². The molecule has 0 aliphatic carbocycles. The Morgan fingerprint density at radius 2 is 1.96 bits per heavy atom. The molecule has 1 N–H and O–H groups in total. The van der Waals surface area contributed by atoms with E-state index in [2.05, 4.69) is 10.3 Å². The first-order valence-electron chi connectivity index (χ1n) is 6.74. The number of nitrogens with zero attached hydrogens (tertiary/aromatic N) is 3. The minimum absolute atomic E-state index is 0.129. The van der Waals surface area contributed by atoms with Gasteiger partial charge in [0, 0.05) is 17.8 Å². The highest BCUT2D eigenvalue weighted by Crippen LogP contribution is 2.33. The van der Waals surface area contributed by atoms with E-state index in [1.165, 1.54) is 18.6 Å². The van der Waals surface area contributed by atoms with Gasteiger partial charge >= 0.3 is 5.82 Å². The topological polar surface area (TPSA) is 90.9 Å². The third-order valence-electron chi connectivity index (χ3n) is 3.32. The minimum Gasteiger partial charge on any atom is -0.493 e. The Morgan fingerprint density at radius 3 is 2.65 bits per heavy atom. The zero-order valence-electron chi connectivity index (χ0n) is 12.5. The van der Waals surface area contributed by atoms with Gasteiger partial charge < -0.3 is 24.9 Å². The largest absolute Gasteiger partial charge is 0.493 e. The number of nitro groups is 1. The van der Waals surface area contributed by atoms with Gasteiger partial charge in [0.05, 0.1) is 20.4 Å². The lowest BCUT2D eigenvalue weighted by atomic mass is 10.2. The van der Waals surface area contributed by atoms with Crippen molar-refractivity contribution in [1.82, 2.24) is 9.38 Å². The first kappa shape index (κ1) is 14.6. The molecular formula is C15H14N4O4. The lowest BCUT2D eigenvalue weighted by Gasteiger charge is -2.10. The summed E-state index contributed by atoms with van der Waals surface area (Å²) in [6.45, 7) is 0. The number of nitrogens with one attached hydrogen (secondary N) is 1. The first-order chi connectivity index (χ1) is 11.1. The van der Waals surface area contributed by atoms with Crippen molar-refractivity contribution in [3.8, 4) is 11.5 Å². The number of benzene rings is 1. The Bertz CT molecular complexity index is 875. The average molecular weight is 314 g/mol. The fraction of sp³-hybridized carbons (Fsp3) is 0.133. The van der Waals surface area contributed by atoms with Crippen molar-refractivity contribution >= 4 is 23.0 Å². The zero-order chi connectivity index (χ0) is 16.4. The van der Waals surface area contributed by atoms with Gasteiger partial charge in [-0.15, -0.1) is 0 Å². The van der Waals surface area contributed by atoms with Crippen LogP contribution in [0.5, 0.6) is 11.5 Å². The maximum absolute atomic E-state index is 11.4. The van der Waals surface area contributed by atoms with Crippen molar-refractivity contribution in [2.24, 2.45) is 0 Å². The SMILES string of the molecule is COc1ccc(Nc2nc3ccccn3c2[N+](=O)[O-])cc1OC. The number of ether oxygens (including phenoxy) is 2.